The van der Waals surface area contributed by atoms with E-state index in [9.17, 15) is 0 Å². The van der Waals surface area contributed by atoms with Gasteiger partial charge >= 0.3 is 0 Å². The molecule has 0 aliphatic rings. The molecule has 0 saturated heterocycles. The molecule has 0 atom stereocenters. The van der Waals surface area contributed by atoms with Crippen LogP contribution in [0.4, 0.5) is 0 Å². The van der Waals surface area contributed by atoms with Crippen LogP contribution in [0.15, 0.2) is 164 Å². The average Bonchev–Trinajstić information content (AvgIpc) is 3.71. The van der Waals surface area contributed by atoms with Crippen molar-refractivity contribution in [3.63, 3.8) is 0 Å². The molecule has 0 spiro atoms. The zero-order chi connectivity index (χ0) is 30.5. The first kappa shape index (κ1) is 26.6. The molecule has 0 unspecified atom stereocenters. The number of hydrogen-bond donors (Lipinski definition) is 0. The minimum atomic E-state index is 0.960. The molecule has 0 bridgehead atoms. The highest BCUT2D eigenvalue weighted by Crippen LogP contribution is 2.39. The summed E-state index contributed by atoms with van der Waals surface area (Å²) in [5, 5.41) is 3.46. The van der Waals surface area contributed by atoms with Gasteiger partial charge in [-0.2, -0.15) is 0 Å². The molecule has 9 aromatic rings. The van der Waals surface area contributed by atoms with E-state index in [1.807, 2.05) is 24.4 Å². The SMILES string of the molecule is c1ccc(-c2ccc(-c3ccc4c(c3)c3ccc(-c5nc6ccccc6s5)cc3n4-c3cccc(-c4ccccn4)c3)cc2)cc1. The van der Waals surface area contributed by atoms with Crippen molar-refractivity contribution in [2.24, 2.45) is 0 Å². The number of benzene rings is 6. The third kappa shape index (κ3) is 4.59. The number of fused-ring (bicyclic) bond motifs is 4. The molecule has 0 aliphatic heterocycles. The maximum Gasteiger partial charge on any atom is 0.124 e. The number of rotatable bonds is 5. The van der Waals surface area contributed by atoms with Crippen molar-refractivity contribution in [1.82, 2.24) is 14.5 Å². The Bertz CT molecular complexity index is 2480. The molecule has 0 saturated carbocycles. The third-order valence-electron chi connectivity index (χ3n) is 8.70. The fourth-order valence-electron chi connectivity index (χ4n) is 6.43. The van der Waals surface area contributed by atoms with E-state index in [4.69, 9.17) is 4.98 Å². The van der Waals surface area contributed by atoms with Crippen molar-refractivity contribution in [2.45, 2.75) is 0 Å². The van der Waals surface area contributed by atoms with E-state index >= 15 is 0 Å². The Morgan fingerprint density at radius 1 is 0.457 bits per heavy atom. The van der Waals surface area contributed by atoms with E-state index in [1.165, 1.54) is 43.2 Å². The van der Waals surface area contributed by atoms with E-state index < -0.39 is 0 Å². The highest BCUT2D eigenvalue weighted by molar-refractivity contribution is 7.21. The Labute approximate surface area is 270 Å². The standard InChI is InChI=1S/C42H27N3S/c1-2-9-28(10-3-1)29-16-18-30(19-17-29)31-21-23-39-36(26-31)35-22-20-33(42-44-38-14-4-5-15-41(38)46-42)27-40(35)45(39)34-12-8-11-32(25-34)37-13-6-7-24-43-37/h1-27H. The molecule has 0 aliphatic carbocycles. The summed E-state index contributed by atoms with van der Waals surface area (Å²) in [4.78, 5) is 9.61. The van der Waals surface area contributed by atoms with Gasteiger partial charge in [0, 0.05) is 33.8 Å². The maximum atomic E-state index is 4.98. The van der Waals surface area contributed by atoms with Gasteiger partial charge in [-0.25, -0.2) is 4.98 Å². The summed E-state index contributed by atoms with van der Waals surface area (Å²) in [5.74, 6) is 0. The number of nitrogens with zero attached hydrogens (tertiary/aromatic N) is 3. The van der Waals surface area contributed by atoms with Crippen LogP contribution < -0.4 is 0 Å². The van der Waals surface area contributed by atoms with Crippen molar-refractivity contribution in [2.75, 3.05) is 0 Å². The number of para-hydroxylation sites is 1. The minimum Gasteiger partial charge on any atom is -0.309 e. The molecule has 6 aromatic carbocycles. The molecule has 3 heterocycles. The van der Waals surface area contributed by atoms with Gasteiger partial charge in [0.25, 0.3) is 0 Å². The Morgan fingerprint density at radius 3 is 2.00 bits per heavy atom. The molecule has 3 nitrogen and oxygen atoms in total. The first-order chi connectivity index (χ1) is 22.8. The average molecular weight is 606 g/mol. The van der Waals surface area contributed by atoms with Crippen LogP contribution in [0.25, 0.3) is 81.8 Å². The summed E-state index contributed by atoms with van der Waals surface area (Å²) in [5.41, 5.74) is 12.5. The summed E-state index contributed by atoms with van der Waals surface area (Å²) in [6, 6.07) is 56.1. The van der Waals surface area contributed by atoms with Gasteiger partial charge in [0.1, 0.15) is 5.01 Å². The minimum absolute atomic E-state index is 0.960. The summed E-state index contributed by atoms with van der Waals surface area (Å²) in [6.07, 6.45) is 1.85. The molecule has 3 aromatic heterocycles. The fourth-order valence-corrected chi connectivity index (χ4v) is 7.39. The van der Waals surface area contributed by atoms with Gasteiger partial charge in [0.05, 0.1) is 26.9 Å². The monoisotopic (exact) mass is 605 g/mol. The van der Waals surface area contributed by atoms with E-state index in [-0.39, 0.29) is 0 Å². The molecule has 0 amide bonds. The molecule has 46 heavy (non-hydrogen) atoms. The van der Waals surface area contributed by atoms with Crippen LogP contribution in [0, 0.1) is 0 Å². The van der Waals surface area contributed by atoms with Gasteiger partial charge in [-0.3, -0.25) is 4.98 Å². The second-order valence-corrected chi connectivity index (χ2v) is 12.5. The number of pyridine rings is 1. The van der Waals surface area contributed by atoms with Gasteiger partial charge < -0.3 is 4.57 Å². The van der Waals surface area contributed by atoms with Gasteiger partial charge in [0.15, 0.2) is 0 Å². The quantitative estimate of drug-likeness (QED) is 0.195. The lowest BCUT2D eigenvalue weighted by Crippen LogP contribution is -1.95. The maximum absolute atomic E-state index is 4.98. The molecule has 216 valence electrons. The predicted molar refractivity (Wildman–Crippen MR) is 193 cm³/mol. The van der Waals surface area contributed by atoms with E-state index in [1.54, 1.807) is 11.3 Å². The van der Waals surface area contributed by atoms with E-state index in [2.05, 4.69) is 149 Å². The fraction of sp³-hybridized carbons (Fsp3) is 0. The summed E-state index contributed by atoms with van der Waals surface area (Å²) in [7, 11) is 0. The highest BCUT2D eigenvalue weighted by atomic mass is 32.1. The lowest BCUT2D eigenvalue weighted by Gasteiger charge is -2.11. The largest absolute Gasteiger partial charge is 0.309 e. The van der Waals surface area contributed by atoms with Crippen molar-refractivity contribution < 1.29 is 0 Å². The predicted octanol–water partition coefficient (Wildman–Crippen LogP) is 11.5. The zero-order valence-electron chi connectivity index (χ0n) is 24.8. The van der Waals surface area contributed by atoms with Crippen LogP contribution in [-0.2, 0) is 0 Å². The second kappa shape index (κ2) is 11.0. The Balaban J connectivity index is 1.23. The smallest absolute Gasteiger partial charge is 0.124 e. The van der Waals surface area contributed by atoms with Crippen LogP contribution in [0.3, 0.4) is 0 Å². The van der Waals surface area contributed by atoms with Crippen molar-refractivity contribution in [3.05, 3.63) is 164 Å². The topological polar surface area (TPSA) is 30.7 Å². The molecule has 0 radical (unpaired) electrons. The van der Waals surface area contributed by atoms with Crippen molar-refractivity contribution in [1.29, 1.82) is 0 Å². The van der Waals surface area contributed by atoms with Crippen molar-refractivity contribution in [3.8, 4) is 49.8 Å². The van der Waals surface area contributed by atoms with E-state index in [0.29, 0.717) is 0 Å². The second-order valence-electron chi connectivity index (χ2n) is 11.5. The van der Waals surface area contributed by atoms with E-state index in [0.717, 1.165) is 38.5 Å². The Morgan fingerprint density at radius 2 is 1.17 bits per heavy atom. The van der Waals surface area contributed by atoms with Gasteiger partial charge in [0.2, 0.25) is 0 Å². The van der Waals surface area contributed by atoms with Crippen LogP contribution in [0.1, 0.15) is 0 Å². The normalized spacial score (nSPS) is 11.5. The summed E-state index contributed by atoms with van der Waals surface area (Å²) < 4.78 is 3.58. The lowest BCUT2D eigenvalue weighted by atomic mass is 9.99. The number of thiazole rings is 1. The van der Waals surface area contributed by atoms with Crippen LogP contribution >= 0.6 is 11.3 Å². The molecular formula is C42H27N3S. The highest BCUT2D eigenvalue weighted by Gasteiger charge is 2.16. The van der Waals surface area contributed by atoms with Crippen molar-refractivity contribution >= 4 is 43.4 Å². The van der Waals surface area contributed by atoms with Gasteiger partial charge in [-0.1, -0.05) is 103 Å². The zero-order valence-corrected chi connectivity index (χ0v) is 25.7. The molecular weight excluding hydrogens is 579 g/mol. The summed E-state index contributed by atoms with van der Waals surface area (Å²) in [6.45, 7) is 0. The molecule has 4 heteroatoms. The molecule has 9 rings (SSSR count). The number of hydrogen-bond acceptors (Lipinski definition) is 3. The molecule has 0 N–H and O–H groups in total. The lowest BCUT2D eigenvalue weighted by molar-refractivity contribution is 1.18. The summed E-state index contributed by atoms with van der Waals surface area (Å²) >= 11 is 1.74. The molecule has 0 fully saturated rings. The van der Waals surface area contributed by atoms with Crippen LogP contribution in [-0.4, -0.2) is 14.5 Å². The first-order valence-electron chi connectivity index (χ1n) is 15.4. The first-order valence-corrected chi connectivity index (χ1v) is 16.2. The van der Waals surface area contributed by atoms with Gasteiger partial charge in [-0.05, 0) is 76.9 Å². The van der Waals surface area contributed by atoms with Crippen LogP contribution in [0.2, 0.25) is 0 Å². The Hall–Kier alpha value is -5.84. The Kier molecular flexibility index (Phi) is 6.32. The van der Waals surface area contributed by atoms with Gasteiger partial charge in [-0.15, -0.1) is 11.3 Å². The number of aromatic nitrogens is 3. The third-order valence-corrected chi connectivity index (χ3v) is 9.78. The van der Waals surface area contributed by atoms with Crippen LogP contribution in [0.5, 0.6) is 0 Å².